The van der Waals surface area contributed by atoms with Crippen LogP contribution in [0.5, 0.6) is 0 Å². The van der Waals surface area contributed by atoms with E-state index in [1.54, 1.807) is 12.1 Å². The van der Waals surface area contributed by atoms with Crippen molar-refractivity contribution < 1.29 is 4.92 Å². The zero-order chi connectivity index (χ0) is 15.2. The molecule has 0 heterocycles. The molecule has 0 spiro atoms. The Hall–Kier alpha value is -1.88. The van der Waals surface area contributed by atoms with Gasteiger partial charge in [-0.25, -0.2) is 0 Å². The third kappa shape index (κ3) is 4.29. The summed E-state index contributed by atoms with van der Waals surface area (Å²) in [5, 5.41) is 14.2. The van der Waals surface area contributed by atoms with Crippen LogP contribution in [0.1, 0.15) is 24.8 Å². The van der Waals surface area contributed by atoms with Crippen molar-refractivity contribution in [3.05, 3.63) is 68.7 Å². The molecule has 1 atom stereocenters. The highest BCUT2D eigenvalue weighted by Gasteiger charge is 2.13. The van der Waals surface area contributed by atoms with Gasteiger partial charge in [0.1, 0.15) is 5.69 Å². The van der Waals surface area contributed by atoms with Crippen LogP contribution in [0, 0.1) is 10.1 Å². The molecule has 4 nitrogen and oxygen atoms in total. The summed E-state index contributed by atoms with van der Waals surface area (Å²) >= 11 is 3.34. The third-order valence-corrected chi connectivity index (χ3v) is 3.91. The largest absolute Gasteiger partial charge is 0.379 e. The van der Waals surface area contributed by atoms with Gasteiger partial charge in [0.25, 0.3) is 5.69 Å². The second kappa shape index (κ2) is 7.22. The van der Waals surface area contributed by atoms with Gasteiger partial charge in [-0.2, -0.15) is 0 Å². The Kier molecular flexibility index (Phi) is 5.33. The SMILES string of the molecule is CC(CCNc1cc(Br)ccc1[N+](=O)[O-])c1ccccc1. The minimum absolute atomic E-state index is 0.102. The first-order chi connectivity index (χ1) is 10.1. The van der Waals surface area contributed by atoms with Gasteiger partial charge in [0.2, 0.25) is 0 Å². The first-order valence-corrected chi connectivity index (χ1v) is 7.60. The number of hydrogen-bond acceptors (Lipinski definition) is 3. The van der Waals surface area contributed by atoms with E-state index in [0.717, 1.165) is 10.9 Å². The maximum atomic E-state index is 11.0. The predicted octanol–water partition coefficient (Wildman–Crippen LogP) is 4.96. The molecule has 0 saturated heterocycles. The lowest BCUT2D eigenvalue weighted by molar-refractivity contribution is -0.384. The van der Waals surface area contributed by atoms with Gasteiger partial charge in [-0.1, -0.05) is 53.2 Å². The Bertz CT molecular complexity index is 617. The van der Waals surface area contributed by atoms with Crippen molar-refractivity contribution in [1.82, 2.24) is 0 Å². The Morgan fingerprint density at radius 2 is 1.95 bits per heavy atom. The highest BCUT2D eigenvalue weighted by atomic mass is 79.9. The highest BCUT2D eigenvalue weighted by molar-refractivity contribution is 9.10. The number of nitrogens with one attached hydrogen (secondary N) is 1. The fourth-order valence-corrected chi connectivity index (χ4v) is 2.54. The molecule has 0 aliphatic heterocycles. The average Bonchev–Trinajstić information content (AvgIpc) is 2.48. The van der Waals surface area contributed by atoms with E-state index in [1.165, 1.54) is 11.6 Å². The first-order valence-electron chi connectivity index (χ1n) is 6.80. The van der Waals surface area contributed by atoms with Gasteiger partial charge in [-0.05, 0) is 30.0 Å². The molecule has 2 aromatic rings. The molecule has 0 saturated carbocycles. The Morgan fingerprint density at radius 3 is 2.62 bits per heavy atom. The van der Waals surface area contributed by atoms with Crippen LogP contribution in [0.25, 0.3) is 0 Å². The van der Waals surface area contributed by atoms with E-state index < -0.39 is 0 Å². The summed E-state index contributed by atoms with van der Waals surface area (Å²) in [5.41, 5.74) is 1.93. The molecule has 5 heteroatoms. The smallest absolute Gasteiger partial charge is 0.292 e. The highest BCUT2D eigenvalue weighted by Crippen LogP contribution is 2.28. The van der Waals surface area contributed by atoms with Crippen molar-refractivity contribution >= 4 is 27.3 Å². The van der Waals surface area contributed by atoms with Crippen LogP contribution >= 0.6 is 15.9 Å². The number of nitro groups is 1. The van der Waals surface area contributed by atoms with Crippen molar-refractivity contribution in [2.24, 2.45) is 0 Å². The van der Waals surface area contributed by atoms with Gasteiger partial charge >= 0.3 is 0 Å². The summed E-state index contributed by atoms with van der Waals surface area (Å²) in [6, 6.07) is 15.2. The number of rotatable bonds is 6. The molecule has 0 aliphatic carbocycles. The number of hydrogen-bond donors (Lipinski definition) is 1. The van der Waals surface area contributed by atoms with E-state index >= 15 is 0 Å². The quantitative estimate of drug-likeness (QED) is 0.592. The zero-order valence-corrected chi connectivity index (χ0v) is 13.3. The number of benzene rings is 2. The summed E-state index contributed by atoms with van der Waals surface area (Å²) in [7, 11) is 0. The molecule has 0 radical (unpaired) electrons. The average molecular weight is 349 g/mol. The molecule has 0 amide bonds. The number of nitrogens with zero attached hydrogens (tertiary/aromatic N) is 1. The standard InChI is InChI=1S/C16H17BrN2O2/c1-12(13-5-3-2-4-6-13)9-10-18-15-11-14(17)7-8-16(15)19(20)21/h2-8,11-12,18H,9-10H2,1H3. The topological polar surface area (TPSA) is 55.2 Å². The molecule has 1 N–H and O–H groups in total. The van der Waals surface area contributed by atoms with E-state index in [1.807, 2.05) is 18.2 Å². The molecule has 2 aromatic carbocycles. The van der Waals surface area contributed by atoms with Gasteiger partial charge in [0.05, 0.1) is 4.92 Å². The molecule has 0 aliphatic rings. The van der Waals surface area contributed by atoms with E-state index in [2.05, 4.69) is 40.3 Å². The Morgan fingerprint density at radius 1 is 1.24 bits per heavy atom. The summed E-state index contributed by atoms with van der Waals surface area (Å²) in [5.74, 6) is 0.407. The molecule has 1 unspecified atom stereocenters. The number of halogens is 1. The van der Waals surface area contributed by atoms with Crippen LogP contribution < -0.4 is 5.32 Å². The molecular formula is C16H17BrN2O2. The first kappa shape index (κ1) is 15.5. The van der Waals surface area contributed by atoms with Crippen LogP contribution in [0.2, 0.25) is 0 Å². The van der Waals surface area contributed by atoms with Gasteiger partial charge in [-0.15, -0.1) is 0 Å². The normalized spacial score (nSPS) is 11.9. The predicted molar refractivity (Wildman–Crippen MR) is 88.8 cm³/mol. The minimum atomic E-state index is -0.366. The fourth-order valence-electron chi connectivity index (χ4n) is 2.18. The maximum Gasteiger partial charge on any atom is 0.292 e. The minimum Gasteiger partial charge on any atom is -0.379 e. The molecule has 0 aromatic heterocycles. The van der Waals surface area contributed by atoms with Crippen molar-refractivity contribution in [3.8, 4) is 0 Å². The summed E-state index contributed by atoms with van der Waals surface area (Å²) < 4.78 is 0.826. The maximum absolute atomic E-state index is 11.0. The Labute approximate surface area is 132 Å². The second-order valence-electron chi connectivity index (χ2n) is 4.95. The summed E-state index contributed by atoms with van der Waals surface area (Å²) in [6.45, 7) is 2.85. The van der Waals surface area contributed by atoms with Gasteiger partial charge in [0.15, 0.2) is 0 Å². The molecule has 2 rings (SSSR count). The monoisotopic (exact) mass is 348 g/mol. The van der Waals surface area contributed by atoms with Crippen LogP contribution in [0.3, 0.4) is 0 Å². The van der Waals surface area contributed by atoms with E-state index in [0.29, 0.717) is 18.2 Å². The van der Waals surface area contributed by atoms with Crippen molar-refractivity contribution in [1.29, 1.82) is 0 Å². The van der Waals surface area contributed by atoms with Crippen molar-refractivity contribution in [3.63, 3.8) is 0 Å². The molecule has 0 bridgehead atoms. The van der Waals surface area contributed by atoms with Crippen LogP contribution in [0.15, 0.2) is 53.0 Å². The lowest BCUT2D eigenvalue weighted by atomic mass is 9.98. The second-order valence-corrected chi connectivity index (χ2v) is 5.86. The molecular weight excluding hydrogens is 332 g/mol. The molecule has 21 heavy (non-hydrogen) atoms. The van der Waals surface area contributed by atoms with Crippen LogP contribution in [0.4, 0.5) is 11.4 Å². The van der Waals surface area contributed by atoms with E-state index in [-0.39, 0.29) is 10.6 Å². The lowest BCUT2D eigenvalue weighted by Crippen LogP contribution is -2.07. The van der Waals surface area contributed by atoms with E-state index in [9.17, 15) is 10.1 Å². The van der Waals surface area contributed by atoms with Gasteiger partial charge in [0, 0.05) is 17.1 Å². The van der Waals surface area contributed by atoms with Crippen LogP contribution in [-0.4, -0.2) is 11.5 Å². The van der Waals surface area contributed by atoms with Gasteiger partial charge in [-0.3, -0.25) is 10.1 Å². The van der Waals surface area contributed by atoms with Crippen molar-refractivity contribution in [2.45, 2.75) is 19.3 Å². The number of nitro benzene ring substituents is 1. The molecule has 110 valence electrons. The third-order valence-electron chi connectivity index (χ3n) is 3.42. The number of anilines is 1. The van der Waals surface area contributed by atoms with Crippen molar-refractivity contribution in [2.75, 3.05) is 11.9 Å². The van der Waals surface area contributed by atoms with E-state index in [4.69, 9.17) is 0 Å². The molecule has 0 fully saturated rings. The van der Waals surface area contributed by atoms with Crippen LogP contribution in [-0.2, 0) is 0 Å². The lowest BCUT2D eigenvalue weighted by Gasteiger charge is -2.13. The van der Waals surface area contributed by atoms with Gasteiger partial charge < -0.3 is 5.32 Å². The summed E-state index contributed by atoms with van der Waals surface area (Å²) in [6.07, 6.45) is 0.910. The summed E-state index contributed by atoms with van der Waals surface area (Å²) in [4.78, 5) is 10.6. The zero-order valence-electron chi connectivity index (χ0n) is 11.8. The Balaban J connectivity index is 1.97. The fraction of sp³-hybridized carbons (Fsp3) is 0.250.